The molecule has 5 heteroatoms. The van der Waals surface area contributed by atoms with Crippen LogP contribution in [0.3, 0.4) is 0 Å². The number of hydrogen-bond acceptors (Lipinski definition) is 4. The molecule has 0 heterocycles. The minimum absolute atomic E-state index is 0.0675. The lowest BCUT2D eigenvalue weighted by Crippen LogP contribution is -2.46. The SMILES string of the molecule is CC(C)(C)[Si](C)(C)OC(SC1CCCCC1)C(=O)OCc1ccccc1. The Hall–Kier alpha value is -0.783. The molecule has 1 fully saturated rings. The van der Waals surface area contributed by atoms with E-state index in [2.05, 4.69) is 33.9 Å². The fourth-order valence-electron chi connectivity index (χ4n) is 2.75. The largest absolute Gasteiger partial charge is 0.458 e. The van der Waals surface area contributed by atoms with E-state index in [-0.39, 0.29) is 11.0 Å². The van der Waals surface area contributed by atoms with Crippen LogP contribution in [0.25, 0.3) is 0 Å². The van der Waals surface area contributed by atoms with Gasteiger partial charge in [0.15, 0.2) is 13.8 Å². The smallest absolute Gasteiger partial charge is 0.345 e. The van der Waals surface area contributed by atoms with Crippen LogP contribution in [-0.4, -0.2) is 25.0 Å². The van der Waals surface area contributed by atoms with E-state index >= 15 is 0 Å². The highest BCUT2D eigenvalue weighted by atomic mass is 32.2. The van der Waals surface area contributed by atoms with Crippen LogP contribution in [0.15, 0.2) is 30.3 Å². The summed E-state index contributed by atoms with van der Waals surface area (Å²) in [4.78, 5) is 12.8. The minimum atomic E-state index is -2.05. The van der Waals surface area contributed by atoms with Gasteiger partial charge in [-0.15, -0.1) is 11.8 Å². The molecule has 0 aromatic heterocycles. The average molecular weight is 395 g/mol. The van der Waals surface area contributed by atoms with E-state index in [1.165, 1.54) is 32.1 Å². The lowest BCUT2D eigenvalue weighted by molar-refractivity contribution is -0.149. The molecule has 0 radical (unpaired) electrons. The maximum atomic E-state index is 12.8. The predicted octanol–water partition coefficient (Wildman–Crippen LogP) is 6.14. The first kappa shape index (κ1) is 21.5. The number of hydrogen-bond donors (Lipinski definition) is 0. The number of ether oxygens (including phenoxy) is 1. The van der Waals surface area contributed by atoms with Crippen LogP contribution >= 0.6 is 11.8 Å². The summed E-state index contributed by atoms with van der Waals surface area (Å²) in [6.07, 6.45) is 6.17. The van der Waals surface area contributed by atoms with Crippen LogP contribution in [0, 0.1) is 0 Å². The van der Waals surface area contributed by atoms with Gasteiger partial charge in [0.1, 0.15) is 6.61 Å². The number of thioether (sulfide) groups is 1. The van der Waals surface area contributed by atoms with Crippen LogP contribution < -0.4 is 0 Å². The molecule has 0 bridgehead atoms. The summed E-state index contributed by atoms with van der Waals surface area (Å²) in [7, 11) is -2.05. The number of carbonyl (C=O) groups is 1. The second-order valence-electron chi connectivity index (χ2n) is 8.70. The molecule has 1 saturated carbocycles. The maximum absolute atomic E-state index is 12.8. The molecule has 26 heavy (non-hydrogen) atoms. The van der Waals surface area contributed by atoms with Gasteiger partial charge in [-0.3, -0.25) is 0 Å². The van der Waals surface area contributed by atoms with Gasteiger partial charge in [0, 0.05) is 5.25 Å². The second kappa shape index (κ2) is 9.42. The molecular weight excluding hydrogens is 360 g/mol. The average Bonchev–Trinajstić information content (AvgIpc) is 2.60. The summed E-state index contributed by atoms with van der Waals surface area (Å²) in [6.45, 7) is 11.3. The molecule has 1 unspecified atom stereocenters. The summed E-state index contributed by atoms with van der Waals surface area (Å²) in [6, 6.07) is 9.84. The van der Waals surface area contributed by atoms with Gasteiger partial charge in [0.05, 0.1) is 0 Å². The Kier molecular flexibility index (Phi) is 7.80. The van der Waals surface area contributed by atoms with E-state index in [0.29, 0.717) is 11.9 Å². The summed E-state index contributed by atoms with van der Waals surface area (Å²) >= 11 is 1.69. The second-order valence-corrected chi connectivity index (χ2v) is 14.8. The van der Waals surface area contributed by atoms with Gasteiger partial charge in [-0.05, 0) is 36.5 Å². The summed E-state index contributed by atoms with van der Waals surface area (Å²) < 4.78 is 12.1. The molecule has 0 aliphatic heterocycles. The highest BCUT2D eigenvalue weighted by molar-refractivity contribution is 8.01. The predicted molar refractivity (Wildman–Crippen MR) is 113 cm³/mol. The van der Waals surface area contributed by atoms with E-state index in [1.54, 1.807) is 11.8 Å². The molecule has 2 rings (SSSR count). The zero-order valence-electron chi connectivity index (χ0n) is 16.9. The summed E-state index contributed by atoms with van der Waals surface area (Å²) in [5.74, 6) is -0.228. The van der Waals surface area contributed by atoms with Gasteiger partial charge in [0.2, 0.25) is 0 Å². The Morgan fingerprint density at radius 2 is 1.77 bits per heavy atom. The molecule has 3 nitrogen and oxygen atoms in total. The quantitative estimate of drug-likeness (QED) is 0.316. The topological polar surface area (TPSA) is 35.5 Å². The van der Waals surface area contributed by atoms with Crippen molar-refractivity contribution in [1.29, 1.82) is 0 Å². The van der Waals surface area contributed by atoms with Gasteiger partial charge in [-0.1, -0.05) is 70.4 Å². The first-order valence-electron chi connectivity index (χ1n) is 9.73. The summed E-state index contributed by atoms with van der Waals surface area (Å²) in [5.41, 5.74) is 0.497. The number of benzene rings is 1. The lowest BCUT2D eigenvalue weighted by Gasteiger charge is -2.39. The zero-order chi connectivity index (χ0) is 19.2. The Bertz CT molecular complexity index is 562. The van der Waals surface area contributed by atoms with E-state index in [0.717, 1.165) is 5.56 Å². The number of carbonyl (C=O) groups excluding carboxylic acids is 1. The van der Waals surface area contributed by atoms with Crippen molar-refractivity contribution in [2.24, 2.45) is 0 Å². The summed E-state index contributed by atoms with van der Waals surface area (Å²) in [5, 5.41) is 0.570. The van der Waals surface area contributed by atoms with E-state index in [1.807, 2.05) is 30.3 Å². The molecule has 0 amide bonds. The van der Waals surface area contributed by atoms with Crippen LogP contribution in [0.4, 0.5) is 0 Å². The van der Waals surface area contributed by atoms with Crippen LogP contribution in [0.2, 0.25) is 18.1 Å². The monoisotopic (exact) mass is 394 g/mol. The fraction of sp³-hybridized carbons (Fsp3) is 0.667. The minimum Gasteiger partial charge on any atom is -0.458 e. The van der Waals surface area contributed by atoms with Gasteiger partial charge in [-0.25, -0.2) is 4.79 Å². The van der Waals surface area contributed by atoms with E-state index in [9.17, 15) is 4.79 Å². The maximum Gasteiger partial charge on any atom is 0.345 e. The first-order valence-corrected chi connectivity index (χ1v) is 13.6. The van der Waals surface area contributed by atoms with Crippen LogP contribution in [0.1, 0.15) is 58.4 Å². The van der Waals surface area contributed by atoms with Crippen LogP contribution in [-0.2, 0) is 20.6 Å². The highest BCUT2D eigenvalue weighted by Crippen LogP contribution is 2.40. The standard InChI is InChI=1S/C21H34O3SSi/c1-21(2,3)26(4,5)24-20(25-18-14-10-7-11-15-18)19(22)23-16-17-12-8-6-9-13-17/h6,8-9,12-13,18,20H,7,10-11,14-16H2,1-5H3. The van der Waals surface area contributed by atoms with Gasteiger partial charge in [0.25, 0.3) is 0 Å². The number of rotatable bonds is 7. The van der Waals surface area contributed by atoms with Gasteiger partial charge in [-0.2, -0.15) is 0 Å². The third-order valence-electron chi connectivity index (χ3n) is 5.49. The molecule has 146 valence electrons. The van der Waals surface area contributed by atoms with Crippen molar-refractivity contribution in [3.63, 3.8) is 0 Å². The van der Waals surface area contributed by atoms with Crippen molar-refractivity contribution >= 4 is 26.0 Å². The highest BCUT2D eigenvalue weighted by Gasteiger charge is 2.42. The van der Waals surface area contributed by atoms with Crippen molar-refractivity contribution in [2.75, 3.05) is 0 Å². The third kappa shape index (κ3) is 6.43. The molecule has 0 N–H and O–H groups in total. The van der Waals surface area contributed by atoms with Crippen molar-refractivity contribution in [2.45, 2.75) is 88.3 Å². The van der Waals surface area contributed by atoms with Crippen molar-refractivity contribution in [3.8, 4) is 0 Å². The van der Waals surface area contributed by atoms with Crippen molar-refractivity contribution in [1.82, 2.24) is 0 Å². The Labute approximate surface area is 164 Å². The molecule has 0 saturated heterocycles. The molecule has 1 aromatic carbocycles. The lowest BCUT2D eigenvalue weighted by atomic mass is 10.0. The Morgan fingerprint density at radius 1 is 1.15 bits per heavy atom. The zero-order valence-corrected chi connectivity index (χ0v) is 18.7. The molecule has 1 atom stereocenters. The van der Waals surface area contributed by atoms with E-state index in [4.69, 9.17) is 9.16 Å². The van der Waals surface area contributed by atoms with Crippen molar-refractivity contribution < 1.29 is 14.0 Å². The molecular formula is C21H34O3SSi. The van der Waals surface area contributed by atoms with Crippen LogP contribution in [0.5, 0.6) is 0 Å². The Balaban J connectivity index is 2.04. The van der Waals surface area contributed by atoms with Crippen molar-refractivity contribution in [3.05, 3.63) is 35.9 Å². The number of esters is 1. The third-order valence-corrected chi connectivity index (χ3v) is 11.5. The van der Waals surface area contributed by atoms with Gasteiger partial charge < -0.3 is 9.16 Å². The fourth-order valence-corrected chi connectivity index (χ4v) is 5.81. The molecule has 1 aliphatic rings. The molecule has 1 aliphatic carbocycles. The first-order chi connectivity index (χ1) is 12.2. The van der Waals surface area contributed by atoms with E-state index < -0.39 is 13.8 Å². The normalized spacial score (nSPS) is 17.7. The van der Waals surface area contributed by atoms with Gasteiger partial charge >= 0.3 is 5.97 Å². The Morgan fingerprint density at radius 3 is 2.35 bits per heavy atom. The molecule has 0 spiro atoms. The molecule has 1 aromatic rings.